The maximum Gasteiger partial charge on any atom is 0.0802 e. The Balaban J connectivity index is 1.50. The lowest BCUT2D eigenvalue weighted by atomic mass is 10.0. The van der Waals surface area contributed by atoms with Crippen molar-refractivity contribution in [2.45, 2.75) is 44.8 Å². The molecule has 2 fully saturated rings. The molecule has 2 aromatic heterocycles. The Bertz CT molecular complexity index is 1000. The normalized spacial score (nSPS) is 20.2. The molecule has 1 N–H and O–H groups in total. The molecule has 5 rings (SSSR count). The number of nitrogens with zero attached hydrogens (tertiary/aromatic N) is 3. The maximum absolute atomic E-state index is 5.96. The van der Waals surface area contributed by atoms with Crippen LogP contribution in [0.4, 0.5) is 17.1 Å². The van der Waals surface area contributed by atoms with Crippen LogP contribution in [0, 0.1) is 12.8 Å². The molecule has 0 bridgehead atoms. The molecule has 2 atom stereocenters. The zero-order valence-corrected chi connectivity index (χ0v) is 17.1. The molecule has 1 saturated carbocycles. The van der Waals surface area contributed by atoms with Crippen molar-refractivity contribution in [1.29, 1.82) is 0 Å². The molecule has 1 unspecified atom stereocenters. The van der Waals surface area contributed by atoms with Crippen molar-refractivity contribution in [3.05, 3.63) is 54.5 Å². The van der Waals surface area contributed by atoms with E-state index in [0.29, 0.717) is 12.1 Å². The number of pyridine rings is 2. The molecule has 0 amide bonds. The third kappa shape index (κ3) is 3.67. The van der Waals surface area contributed by atoms with Crippen LogP contribution in [-0.2, 0) is 4.74 Å². The van der Waals surface area contributed by atoms with Gasteiger partial charge in [0.2, 0.25) is 0 Å². The van der Waals surface area contributed by atoms with Crippen molar-refractivity contribution in [2.75, 3.05) is 23.9 Å². The second-order valence-corrected chi connectivity index (χ2v) is 8.32. The molecule has 0 radical (unpaired) electrons. The molecular formula is C24H28N4O. The SMILES string of the molecule is CO[C@@H](C1CC1)C1CCCN1c1cc(C)nc2cc(Nc3cccnc3)ccc12. The van der Waals surface area contributed by atoms with Crippen molar-refractivity contribution in [3.8, 4) is 0 Å². The summed E-state index contributed by atoms with van der Waals surface area (Å²) in [6.07, 6.45) is 9.00. The molecule has 0 spiro atoms. The van der Waals surface area contributed by atoms with Crippen molar-refractivity contribution < 1.29 is 4.74 Å². The predicted octanol–water partition coefficient (Wildman–Crippen LogP) is 5.08. The first-order chi connectivity index (χ1) is 14.2. The van der Waals surface area contributed by atoms with Crippen LogP contribution in [0.25, 0.3) is 10.9 Å². The van der Waals surface area contributed by atoms with Crippen LogP contribution in [0.1, 0.15) is 31.4 Å². The standard InChI is InChI=1S/C24H28N4O/c1-16-13-23(28-12-4-6-22(28)24(29-2)17-7-8-17)20-10-9-18(14-21(20)26-16)27-19-5-3-11-25-15-19/h3,5,9-11,13-15,17,22,24,27H,4,6-8,12H2,1-2H3/t22?,24-/m0/s1. The van der Waals surface area contributed by atoms with Gasteiger partial charge < -0.3 is 15.0 Å². The summed E-state index contributed by atoms with van der Waals surface area (Å²) in [6, 6.07) is 13.1. The number of nitrogens with one attached hydrogen (secondary N) is 1. The lowest BCUT2D eigenvalue weighted by molar-refractivity contribution is 0.0637. The van der Waals surface area contributed by atoms with Crippen LogP contribution in [0.15, 0.2) is 48.8 Å². The van der Waals surface area contributed by atoms with Gasteiger partial charge in [-0.2, -0.15) is 0 Å². The second-order valence-electron chi connectivity index (χ2n) is 8.32. The molecule has 5 heteroatoms. The Morgan fingerprint density at radius 2 is 2.03 bits per heavy atom. The Hall–Kier alpha value is -2.66. The van der Waals surface area contributed by atoms with E-state index in [1.54, 1.807) is 6.20 Å². The number of hydrogen-bond donors (Lipinski definition) is 1. The fourth-order valence-corrected chi connectivity index (χ4v) is 4.78. The number of hydrogen-bond acceptors (Lipinski definition) is 5. The van der Waals surface area contributed by atoms with E-state index in [9.17, 15) is 0 Å². The topological polar surface area (TPSA) is 50.3 Å². The highest BCUT2D eigenvalue weighted by atomic mass is 16.5. The zero-order chi connectivity index (χ0) is 19.8. The fraction of sp³-hybridized carbons (Fsp3) is 0.417. The third-order valence-corrected chi connectivity index (χ3v) is 6.21. The lowest BCUT2D eigenvalue weighted by Gasteiger charge is -2.33. The van der Waals surface area contributed by atoms with Crippen LogP contribution >= 0.6 is 0 Å². The molecule has 1 aliphatic carbocycles. The van der Waals surface area contributed by atoms with Gasteiger partial charge in [-0.1, -0.05) is 0 Å². The summed E-state index contributed by atoms with van der Waals surface area (Å²) in [5.74, 6) is 0.732. The van der Waals surface area contributed by atoms with Crippen LogP contribution in [0.2, 0.25) is 0 Å². The Morgan fingerprint density at radius 3 is 2.79 bits per heavy atom. The molecule has 1 saturated heterocycles. The maximum atomic E-state index is 5.96. The van der Waals surface area contributed by atoms with E-state index in [1.165, 1.54) is 36.8 Å². The van der Waals surface area contributed by atoms with E-state index in [-0.39, 0.29) is 0 Å². The smallest absolute Gasteiger partial charge is 0.0802 e. The van der Waals surface area contributed by atoms with Crippen molar-refractivity contribution in [3.63, 3.8) is 0 Å². The zero-order valence-electron chi connectivity index (χ0n) is 17.1. The van der Waals surface area contributed by atoms with Gasteiger partial charge in [0.15, 0.2) is 0 Å². The molecule has 3 aromatic rings. The van der Waals surface area contributed by atoms with Gasteiger partial charge in [-0.05, 0) is 74.9 Å². The summed E-state index contributed by atoms with van der Waals surface area (Å²) in [7, 11) is 1.88. The molecule has 1 aromatic carbocycles. The highest BCUT2D eigenvalue weighted by Crippen LogP contribution is 2.42. The highest BCUT2D eigenvalue weighted by Gasteiger charge is 2.41. The monoisotopic (exact) mass is 388 g/mol. The number of rotatable bonds is 6. The van der Waals surface area contributed by atoms with E-state index in [2.05, 4.69) is 46.4 Å². The Labute approximate surface area is 172 Å². The quantitative estimate of drug-likeness (QED) is 0.638. The van der Waals surface area contributed by atoms with Gasteiger partial charge in [0.1, 0.15) is 0 Å². The van der Waals surface area contributed by atoms with E-state index < -0.39 is 0 Å². The minimum atomic E-state index is 0.340. The molecular weight excluding hydrogens is 360 g/mol. The summed E-state index contributed by atoms with van der Waals surface area (Å²) in [5.41, 5.74) is 5.38. The van der Waals surface area contributed by atoms with Gasteiger partial charge >= 0.3 is 0 Å². The van der Waals surface area contributed by atoms with Crippen molar-refractivity contribution >= 4 is 28.0 Å². The van der Waals surface area contributed by atoms with E-state index >= 15 is 0 Å². The molecule has 29 heavy (non-hydrogen) atoms. The summed E-state index contributed by atoms with van der Waals surface area (Å²) in [4.78, 5) is 11.6. The molecule has 5 nitrogen and oxygen atoms in total. The summed E-state index contributed by atoms with van der Waals surface area (Å²) in [6.45, 7) is 3.18. The predicted molar refractivity (Wildman–Crippen MR) is 118 cm³/mol. The second kappa shape index (κ2) is 7.64. The lowest BCUT2D eigenvalue weighted by Crippen LogP contribution is -2.41. The van der Waals surface area contributed by atoms with E-state index in [4.69, 9.17) is 9.72 Å². The minimum Gasteiger partial charge on any atom is -0.379 e. The number of aromatic nitrogens is 2. The van der Waals surface area contributed by atoms with Crippen LogP contribution in [0.3, 0.4) is 0 Å². The van der Waals surface area contributed by atoms with Crippen LogP contribution in [0.5, 0.6) is 0 Å². The third-order valence-electron chi connectivity index (χ3n) is 6.21. The Morgan fingerprint density at radius 1 is 1.14 bits per heavy atom. The summed E-state index contributed by atoms with van der Waals surface area (Å²) >= 11 is 0. The average molecular weight is 389 g/mol. The number of benzene rings is 1. The van der Waals surface area contributed by atoms with Gasteiger partial charge in [-0.15, -0.1) is 0 Å². The number of methoxy groups -OCH3 is 1. The van der Waals surface area contributed by atoms with Gasteiger partial charge in [-0.3, -0.25) is 9.97 Å². The summed E-state index contributed by atoms with van der Waals surface area (Å²) in [5, 5.41) is 4.64. The highest BCUT2D eigenvalue weighted by molar-refractivity contribution is 5.94. The van der Waals surface area contributed by atoms with Crippen LogP contribution < -0.4 is 10.2 Å². The fourth-order valence-electron chi connectivity index (χ4n) is 4.78. The van der Waals surface area contributed by atoms with E-state index in [0.717, 1.165) is 35.0 Å². The first-order valence-electron chi connectivity index (χ1n) is 10.6. The van der Waals surface area contributed by atoms with Crippen molar-refractivity contribution in [1.82, 2.24) is 9.97 Å². The molecule has 1 aliphatic heterocycles. The summed E-state index contributed by atoms with van der Waals surface area (Å²) < 4.78 is 5.96. The van der Waals surface area contributed by atoms with Crippen molar-refractivity contribution in [2.24, 2.45) is 5.92 Å². The first-order valence-corrected chi connectivity index (χ1v) is 10.6. The number of aryl methyl sites for hydroxylation is 1. The van der Waals surface area contributed by atoms with Crippen LogP contribution in [-0.4, -0.2) is 35.8 Å². The largest absolute Gasteiger partial charge is 0.379 e. The molecule has 2 aliphatic rings. The Kier molecular flexibility index (Phi) is 4.84. The van der Waals surface area contributed by atoms with E-state index in [1.807, 2.05) is 25.4 Å². The first kappa shape index (κ1) is 18.4. The number of ether oxygens (including phenoxy) is 1. The van der Waals surface area contributed by atoms with Gasteiger partial charge in [0, 0.05) is 42.3 Å². The molecule has 150 valence electrons. The average Bonchev–Trinajstić information content (AvgIpc) is 3.45. The van der Waals surface area contributed by atoms with Gasteiger partial charge in [-0.25, -0.2) is 0 Å². The molecule has 3 heterocycles. The van der Waals surface area contributed by atoms with Gasteiger partial charge in [0.05, 0.1) is 29.5 Å². The number of anilines is 3. The minimum absolute atomic E-state index is 0.340. The number of fused-ring (bicyclic) bond motifs is 1. The van der Waals surface area contributed by atoms with Gasteiger partial charge in [0.25, 0.3) is 0 Å².